The zero-order valence-electron chi connectivity index (χ0n) is 39.2. The maximum Gasteiger partial charge on any atom is 0.407 e. The second-order valence-electron chi connectivity index (χ2n) is 18.4. The monoisotopic (exact) mass is 909 g/mol. The first kappa shape index (κ1) is 46.5. The van der Waals surface area contributed by atoms with Crippen molar-refractivity contribution in [3.05, 3.63) is 70.8 Å². The van der Waals surface area contributed by atoms with Crippen LogP contribution in [-0.2, 0) is 41.8 Å². The van der Waals surface area contributed by atoms with E-state index in [1.165, 1.54) is 14.2 Å². The van der Waals surface area contributed by atoms with Crippen LogP contribution in [0, 0.1) is 11.8 Å². The predicted molar refractivity (Wildman–Crippen MR) is 245 cm³/mol. The number of H-pyrrole nitrogens is 1. The standard InChI is InChI=1S/C49H63N7O10/c1-26(2)43(53-48(59)63-7)46(57)55-32(24-61-5)13-15-37(55)35-12-10-9-11-34(51-35)28-17-30-22-66-40-20-29(18-31-23-65-39(19-28)41(30)42(31)40)36-21-50-45(52-36)38-16-14-33(25-62-6)56(38)47(58)44(27(3)4)54-49(60)64-8/h11-12,17-21,26-27,32-33,37-38,43-44,51H,9-10,13-16,22-25H2,1-8H3,(H,50,52)(H,53,59)(H,54,60)/t32-,33-,37+,38+,43+,44?/m1/s1. The van der Waals surface area contributed by atoms with Gasteiger partial charge in [-0.1, -0.05) is 39.8 Å². The van der Waals surface area contributed by atoms with Gasteiger partial charge in [-0.05, 0) is 74.6 Å². The fourth-order valence-electron chi connectivity index (χ4n) is 10.2. The van der Waals surface area contributed by atoms with E-state index in [0.29, 0.717) is 38.7 Å². The molecule has 2 fully saturated rings. The van der Waals surface area contributed by atoms with Crippen molar-refractivity contribution < 1.29 is 47.6 Å². The largest absolute Gasteiger partial charge is 0.488 e. The zero-order valence-corrected chi connectivity index (χ0v) is 39.2. The van der Waals surface area contributed by atoms with Crippen molar-refractivity contribution >= 4 is 29.7 Å². The number of likely N-dealkylation sites (tertiary alicyclic amines) is 2. The summed E-state index contributed by atoms with van der Waals surface area (Å²) >= 11 is 0. The maximum absolute atomic E-state index is 14.3. The molecular weight excluding hydrogens is 847 g/mol. The highest BCUT2D eigenvalue weighted by Crippen LogP contribution is 2.51. The lowest BCUT2D eigenvalue weighted by Gasteiger charge is -2.36. The lowest BCUT2D eigenvalue weighted by molar-refractivity contribution is -0.139. The number of allylic oxidation sites excluding steroid dienone is 2. The van der Waals surface area contributed by atoms with Crippen molar-refractivity contribution in [2.75, 3.05) is 41.7 Å². The Morgan fingerprint density at radius 2 is 1.23 bits per heavy atom. The molecule has 66 heavy (non-hydrogen) atoms. The minimum Gasteiger partial charge on any atom is -0.488 e. The van der Waals surface area contributed by atoms with Gasteiger partial charge in [-0.3, -0.25) is 9.59 Å². The number of nitrogens with zero attached hydrogens (tertiary/aromatic N) is 3. The molecule has 354 valence electrons. The Kier molecular flexibility index (Phi) is 13.9. The third-order valence-corrected chi connectivity index (χ3v) is 13.4. The molecule has 8 rings (SSSR count). The van der Waals surface area contributed by atoms with Crippen LogP contribution in [0.3, 0.4) is 0 Å². The van der Waals surface area contributed by atoms with Gasteiger partial charge in [0.2, 0.25) is 11.8 Å². The van der Waals surface area contributed by atoms with Gasteiger partial charge < -0.3 is 59.2 Å². The number of imidazole rings is 1. The van der Waals surface area contributed by atoms with Crippen LogP contribution in [0.5, 0.6) is 11.5 Å². The minimum atomic E-state index is -0.785. The van der Waals surface area contributed by atoms with Gasteiger partial charge in [0.1, 0.15) is 42.6 Å². The van der Waals surface area contributed by atoms with E-state index in [2.05, 4.69) is 51.3 Å². The van der Waals surface area contributed by atoms with Crippen LogP contribution >= 0.6 is 0 Å². The van der Waals surface area contributed by atoms with Crippen molar-refractivity contribution in [1.82, 2.24) is 35.7 Å². The van der Waals surface area contributed by atoms with E-state index in [9.17, 15) is 19.2 Å². The summed E-state index contributed by atoms with van der Waals surface area (Å²) in [5.74, 6) is 1.46. The van der Waals surface area contributed by atoms with Crippen LogP contribution in [0.2, 0.25) is 0 Å². The van der Waals surface area contributed by atoms with Crippen molar-refractivity contribution in [2.24, 2.45) is 11.8 Å². The van der Waals surface area contributed by atoms with E-state index in [0.717, 1.165) is 94.1 Å². The van der Waals surface area contributed by atoms with E-state index >= 15 is 0 Å². The van der Waals surface area contributed by atoms with Crippen LogP contribution in [0.4, 0.5) is 9.59 Å². The average Bonchev–Trinajstić information content (AvgIpc) is 4.03. The van der Waals surface area contributed by atoms with Gasteiger partial charge in [-0.15, -0.1) is 0 Å². The normalized spacial score (nSPS) is 21.7. The number of nitrogens with one attached hydrogen (secondary N) is 4. The van der Waals surface area contributed by atoms with Crippen LogP contribution in [0.15, 0.2) is 48.3 Å². The molecule has 2 saturated heterocycles. The number of alkyl carbamates (subject to hydrolysis) is 2. The molecule has 5 aliphatic heterocycles. The summed E-state index contributed by atoms with van der Waals surface area (Å²) in [4.78, 5) is 65.1. The number of aromatic nitrogens is 2. The number of carbonyl (C=O) groups is 4. The molecular formula is C49H63N7O10. The van der Waals surface area contributed by atoms with E-state index in [-0.39, 0.29) is 47.8 Å². The molecule has 4 N–H and O–H groups in total. The molecule has 5 aliphatic rings. The summed E-state index contributed by atoms with van der Waals surface area (Å²) < 4.78 is 33.9. The van der Waals surface area contributed by atoms with Crippen LogP contribution in [0.1, 0.15) is 94.8 Å². The van der Waals surface area contributed by atoms with Gasteiger partial charge in [0, 0.05) is 59.0 Å². The predicted octanol–water partition coefficient (Wildman–Crippen LogP) is 6.58. The molecule has 0 radical (unpaired) electrons. The molecule has 17 nitrogen and oxygen atoms in total. The molecule has 3 aromatic rings. The van der Waals surface area contributed by atoms with Crippen molar-refractivity contribution in [2.45, 2.75) is 116 Å². The molecule has 1 unspecified atom stereocenters. The first-order valence-electron chi connectivity index (χ1n) is 23.0. The number of methoxy groups -OCH3 is 4. The van der Waals surface area contributed by atoms with Gasteiger partial charge in [0.15, 0.2) is 0 Å². The molecule has 0 saturated carbocycles. The van der Waals surface area contributed by atoms with Crippen molar-refractivity contribution in [1.29, 1.82) is 0 Å². The number of benzene rings is 2. The number of aromatic amines is 1. The maximum atomic E-state index is 14.3. The van der Waals surface area contributed by atoms with Crippen molar-refractivity contribution in [3.63, 3.8) is 0 Å². The smallest absolute Gasteiger partial charge is 0.407 e. The molecule has 1 aromatic heterocycles. The highest BCUT2D eigenvalue weighted by Gasteiger charge is 2.45. The lowest BCUT2D eigenvalue weighted by Crippen LogP contribution is -2.56. The summed E-state index contributed by atoms with van der Waals surface area (Å²) in [6, 6.07) is 5.90. The fourth-order valence-corrected chi connectivity index (χ4v) is 10.2. The molecule has 17 heteroatoms. The topological polar surface area (TPSA) is 195 Å². The average molecular weight is 910 g/mol. The fraction of sp³-hybridized carbons (Fsp3) is 0.531. The van der Waals surface area contributed by atoms with E-state index in [4.69, 9.17) is 33.4 Å². The molecule has 0 bridgehead atoms. The van der Waals surface area contributed by atoms with E-state index in [1.807, 2.05) is 43.6 Å². The number of rotatable bonds is 14. The van der Waals surface area contributed by atoms with Gasteiger partial charge in [0.25, 0.3) is 0 Å². The van der Waals surface area contributed by atoms with Crippen LogP contribution in [0.25, 0.3) is 28.1 Å². The number of amides is 4. The SMILES string of the molecule is COC[C@H]1CC[C@@H](C2=CCCC=C(c3cc4c5c(c3)OCc3cc(-c6cnc([C@@H]7CC[C@H](COC)N7C(=O)C(NC(=O)OC)C(C)C)[nH]6)cc(c3-5)OC4)N2)N1C(=O)[C@@H](NC(=O)OC)C(C)C. The molecule has 2 aromatic carbocycles. The highest BCUT2D eigenvalue weighted by atomic mass is 16.5. The van der Waals surface area contributed by atoms with Crippen molar-refractivity contribution in [3.8, 4) is 33.9 Å². The summed E-state index contributed by atoms with van der Waals surface area (Å²) in [5.41, 5.74) is 8.50. The molecule has 0 aliphatic carbocycles. The van der Waals surface area contributed by atoms with Gasteiger partial charge in [0.05, 0.1) is 63.5 Å². The Morgan fingerprint density at radius 3 is 1.77 bits per heavy atom. The molecule has 0 spiro atoms. The minimum absolute atomic E-state index is 0.154. The summed E-state index contributed by atoms with van der Waals surface area (Å²) in [7, 11) is 5.84. The Morgan fingerprint density at radius 1 is 0.712 bits per heavy atom. The number of carbonyl (C=O) groups excluding carboxylic acids is 4. The van der Waals surface area contributed by atoms with Crippen LogP contribution in [-0.4, -0.2) is 116 Å². The highest BCUT2D eigenvalue weighted by molar-refractivity contribution is 5.90. The van der Waals surface area contributed by atoms with E-state index < -0.39 is 24.3 Å². The Hall–Kier alpha value is -6.07. The Labute approximate surface area is 385 Å². The molecule has 4 amide bonds. The first-order valence-corrected chi connectivity index (χ1v) is 23.0. The number of hydrogen-bond donors (Lipinski definition) is 4. The van der Waals surface area contributed by atoms with Crippen LogP contribution < -0.4 is 25.4 Å². The molecule has 6 atom stereocenters. The summed E-state index contributed by atoms with van der Waals surface area (Å²) in [6.07, 6.45) is 9.35. The molecule has 6 heterocycles. The second kappa shape index (κ2) is 19.8. The second-order valence-corrected chi connectivity index (χ2v) is 18.4. The third kappa shape index (κ3) is 9.06. The van der Waals surface area contributed by atoms with Gasteiger partial charge in [-0.25, -0.2) is 14.6 Å². The van der Waals surface area contributed by atoms with Gasteiger partial charge in [-0.2, -0.15) is 0 Å². The third-order valence-electron chi connectivity index (χ3n) is 13.4. The lowest BCUT2D eigenvalue weighted by atomic mass is 9.87. The Bertz CT molecular complexity index is 2340. The first-order chi connectivity index (χ1) is 31.8. The Balaban J connectivity index is 1.04. The quantitative estimate of drug-likeness (QED) is 0.136. The summed E-state index contributed by atoms with van der Waals surface area (Å²) in [5, 5.41) is 9.24. The summed E-state index contributed by atoms with van der Waals surface area (Å²) in [6.45, 7) is 9.02. The number of ether oxygens (including phenoxy) is 6. The number of hydrogen-bond acceptors (Lipinski definition) is 12. The zero-order chi connectivity index (χ0) is 46.8. The van der Waals surface area contributed by atoms with Gasteiger partial charge >= 0.3 is 12.2 Å². The van der Waals surface area contributed by atoms with E-state index in [1.54, 1.807) is 20.4 Å².